The van der Waals surface area contributed by atoms with Crippen molar-refractivity contribution in [3.05, 3.63) is 60.2 Å². The van der Waals surface area contributed by atoms with Gasteiger partial charge >= 0.3 is 0 Å². The van der Waals surface area contributed by atoms with Gasteiger partial charge in [0.1, 0.15) is 17.5 Å². The topological polar surface area (TPSA) is 102 Å². The highest BCUT2D eigenvalue weighted by Gasteiger charge is 2.35. The molecule has 0 aromatic heterocycles. The first-order valence-electron chi connectivity index (χ1n) is 13.5. The number of nitrogens with one attached hydrogen (secondary N) is 1. The van der Waals surface area contributed by atoms with Crippen LogP contribution in [0.5, 0.6) is 11.5 Å². The maximum Gasteiger partial charge on any atom is 0.245 e. The summed E-state index contributed by atoms with van der Waals surface area (Å²) in [5.74, 6) is -0.165. The number of ether oxygens (including phenoxy) is 1. The fraction of sp³-hybridized carbons (Fsp3) is 0.500. The monoisotopic (exact) mass is 507 g/mol. The Kier molecular flexibility index (Phi) is 10.5. The molecule has 2 aromatic rings. The zero-order valence-corrected chi connectivity index (χ0v) is 22.3. The minimum atomic E-state index is -0.608. The van der Waals surface area contributed by atoms with Gasteiger partial charge in [-0.1, -0.05) is 57.5 Å². The zero-order valence-electron chi connectivity index (χ0n) is 22.3. The van der Waals surface area contributed by atoms with E-state index in [0.717, 1.165) is 30.6 Å². The number of carbonyl (C=O) groups excluding carboxylic acids is 3. The molecule has 200 valence electrons. The Morgan fingerprint density at radius 2 is 1.78 bits per heavy atom. The Morgan fingerprint density at radius 3 is 2.46 bits per heavy atom. The maximum atomic E-state index is 13.5. The number of nitrogens with two attached hydrogens (primary N) is 1. The van der Waals surface area contributed by atoms with Crippen molar-refractivity contribution in [1.82, 2.24) is 10.2 Å². The summed E-state index contributed by atoms with van der Waals surface area (Å²) in [5, 5.41) is 3.01. The molecule has 1 unspecified atom stereocenters. The first-order chi connectivity index (χ1) is 17.8. The van der Waals surface area contributed by atoms with Crippen LogP contribution in [0.3, 0.4) is 0 Å². The van der Waals surface area contributed by atoms with Gasteiger partial charge in [0, 0.05) is 24.9 Å². The van der Waals surface area contributed by atoms with Gasteiger partial charge in [-0.15, -0.1) is 0 Å². The molecular formula is C30H41N3O4. The molecule has 1 heterocycles. The third-order valence-electron chi connectivity index (χ3n) is 6.86. The van der Waals surface area contributed by atoms with E-state index in [9.17, 15) is 14.4 Å². The third-order valence-corrected chi connectivity index (χ3v) is 6.86. The van der Waals surface area contributed by atoms with E-state index in [1.807, 2.05) is 80.3 Å². The van der Waals surface area contributed by atoms with Gasteiger partial charge in [-0.2, -0.15) is 0 Å². The van der Waals surface area contributed by atoms with Crippen molar-refractivity contribution >= 4 is 17.7 Å². The van der Waals surface area contributed by atoms with Crippen LogP contribution in [0.4, 0.5) is 0 Å². The van der Waals surface area contributed by atoms with Gasteiger partial charge in [0.2, 0.25) is 17.7 Å². The van der Waals surface area contributed by atoms with Gasteiger partial charge in [0.05, 0.1) is 0 Å². The van der Waals surface area contributed by atoms with Gasteiger partial charge in [-0.05, 0) is 67.9 Å². The first-order valence-corrected chi connectivity index (χ1v) is 13.5. The van der Waals surface area contributed by atoms with E-state index in [2.05, 4.69) is 5.32 Å². The molecule has 0 saturated carbocycles. The van der Waals surface area contributed by atoms with Crippen LogP contribution in [0.25, 0.3) is 0 Å². The van der Waals surface area contributed by atoms with Crippen LogP contribution in [0.1, 0.15) is 64.9 Å². The summed E-state index contributed by atoms with van der Waals surface area (Å²) in [6.07, 6.45) is 4.17. The lowest BCUT2D eigenvalue weighted by Gasteiger charge is -2.29. The predicted octanol–water partition coefficient (Wildman–Crippen LogP) is 5.04. The Labute approximate surface area is 220 Å². The molecule has 0 aliphatic carbocycles. The van der Waals surface area contributed by atoms with Crippen molar-refractivity contribution in [3.8, 4) is 11.5 Å². The van der Waals surface area contributed by atoms with Crippen molar-refractivity contribution in [3.63, 3.8) is 0 Å². The highest BCUT2D eigenvalue weighted by Crippen LogP contribution is 2.27. The average molecular weight is 508 g/mol. The summed E-state index contributed by atoms with van der Waals surface area (Å²) >= 11 is 0. The van der Waals surface area contributed by atoms with Gasteiger partial charge in [0.15, 0.2) is 0 Å². The summed E-state index contributed by atoms with van der Waals surface area (Å²) in [7, 11) is 0. The number of likely N-dealkylation sites (tertiary alicyclic amines) is 1. The van der Waals surface area contributed by atoms with Crippen LogP contribution in [-0.2, 0) is 20.9 Å². The molecule has 1 saturated heterocycles. The summed E-state index contributed by atoms with van der Waals surface area (Å²) in [6, 6.07) is 16.7. The summed E-state index contributed by atoms with van der Waals surface area (Å²) in [6.45, 7) is 7.10. The molecule has 1 aliphatic heterocycles. The molecule has 37 heavy (non-hydrogen) atoms. The van der Waals surface area contributed by atoms with Crippen molar-refractivity contribution in [2.24, 2.45) is 23.5 Å². The predicted molar refractivity (Wildman–Crippen MR) is 145 cm³/mol. The molecule has 0 radical (unpaired) electrons. The minimum absolute atomic E-state index is 0.0883. The van der Waals surface area contributed by atoms with Crippen molar-refractivity contribution in [1.29, 1.82) is 0 Å². The maximum absolute atomic E-state index is 13.5. The molecule has 7 nitrogen and oxygen atoms in total. The van der Waals surface area contributed by atoms with E-state index in [-0.39, 0.29) is 17.7 Å². The fourth-order valence-electron chi connectivity index (χ4n) is 5.04. The van der Waals surface area contributed by atoms with Crippen molar-refractivity contribution in [2.45, 2.75) is 71.9 Å². The molecule has 1 fully saturated rings. The molecular weight excluding hydrogens is 466 g/mol. The van der Waals surface area contributed by atoms with Gasteiger partial charge < -0.3 is 20.7 Å². The molecule has 3 amide bonds. The molecule has 3 rings (SSSR count). The van der Waals surface area contributed by atoms with Crippen molar-refractivity contribution in [2.75, 3.05) is 6.54 Å². The van der Waals surface area contributed by atoms with Crippen LogP contribution < -0.4 is 15.8 Å². The molecule has 7 heteroatoms. The van der Waals surface area contributed by atoms with Gasteiger partial charge in [-0.3, -0.25) is 14.4 Å². The summed E-state index contributed by atoms with van der Waals surface area (Å²) < 4.78 is 5.95. The lowest BCUT2D eigenvalue weighted by molar-refractivity contribution is -0.139. The number of nitrogens with zero attached hydrogens (tertiary/aromatic N) is 1. The Morgan fingerprint density at radius 1 is 1.05 bits per heavy atom. The number of para-hydroxylation sites is 1. The lowest BCUT2D eigenvalue weighted by atomic mass is 9.81. The fourth-order valence-corrected chi connectivity index (χ4v) is 5.04. The van der Waals surface area contributed by atoms with E-state index < -0.39 is 23.8 Å². The van der Waals surface area contributed by atoms with E-state index in [1.54, 1.807) is 0 Å². The smallest absolute Gasteiger partial charge is 0.245 e. The number of hydrogen-bond donors (Lipinski definition) is 2. The zero-order chi connectivity index (χ0) is 26.8. The second kappa shape index (κ2) is 13.8. The number of carbonyl (C=O) groups is 3. The summed E-state index contributed by atoms with van der Waals surface area (Å²) in [4.78, 5) is 40.9. The van der Waals surface area contributed by atoms with Crippen LogP contribution in [0, 0.1) is 17.8 Å². The lowest BCUT2D eigenvalue weighted by Crippen LogP contribution is -2.50. The highest BCUT2D eigenvalue weighted by molar-refractivity contribution is 5.91. The average Bonchev–Trinajstić information content (AvgIpc) is 3.03. The second-order valence-electron chi connectivity index (χ2n) is 10.4. The SMILES string of the molecule is CCC[C@H](C(N)=O)C(CC(C)C)C(=O)N[C@H]1CCCCN(Cc2cccc(Oc3ccccc3)c2)C1=O. The quantitative estimate of drug-likeness (QED) is 0.420. The number of rotatable bonds is 12. The molecule has 1 aliphatic rings. The standard InChI is InChI=1S/C30H41N3O4/c1-4-11-25(28(31)34)26(18-21(2)3)29(35)32-27-16-8-9-17-33(30(27)36)20-22-12-10-15-24(19-22)37-23-13-6-5-7-14-23/h5-7,10,12-15,19,21,25-27H,4,8-9,11,16-18,20H2,1-3H3,(H2,31,34)(H,32,35)/t25-,26?,27-/m0/s1. The van der Waals surface area contributed by atoms with E-state index in [4.69, 9.17) is 10.5 Å². The van der Waals surface area contributed by atoms with Gasteiger partial charge in [-0.25, -0.2) is 0 Å². The van der Waals surface area contributed by atoms with Crippen LogP contribution in [0.15, 0.2) is 54.6 Å². The Balaban J connectivity index is 1.71. The van der Waals surface area contributed by atoms with Crippen LogP contribution in [0.2, 0.25) is 0 Å². The number of amides is 3. The van der Waals surface area contributed by atoms with E-state index >= 15 is 0 Å². The number of hydrogen-bond acceptors (Lipinski definition) is 4. The molecule has 0 spiro atoms. The van der Waals surface area contributed by atoms with Crippen LogP contribution in [-0.4, -0.2) is 35.2 Å². The van der Waals surface area contributed by atoms with E-state index in [1.165, 1.54) is 0 Å². The van der Waals surface area contributed by atoms with Crippen LogP contribution >= 0.6 is 0 Å². The Bertz CT molecular complexity index is 1040. The largest absolute Gasteiger partial charge is 0.457 e. The third kappa shape index (κ3) is 8.34. The summed E-state index contributed by atoms with van der Waals surface area (Å²) in [5.41, 5.74) is 6.65. The molecule has 2 aromatic carbocycles. The molecule has 0 bridgehead atoms. The Hall–Kier alpha value is -3.35. The van der Waals surface area contributed by atoms with Gasteiger partial charge in [0.25, 0.3) is 0 Å². The van der Waals surface area contributed by atoms with Crippen molar-refractivity contribution < 1.29 is 19.1 Å². The highest BCUT2D eigenvalue weighted by atomic mass is 16.5. The van der Waals surface area contributed by atoms with E-state index in [0.29, 0.717) is 38.1 Å². The molecule has 3 atom stereocenters. The second-order valence-corrected chi connectivity index (χ2v) is 10.4. The number of primary amides is 1. The minimum Gasteiger partial charge on any atom is -0.457 e. The molecule has 3 N–H and O–H groups in total. The first kappa shape index (κ1) is 28.2. The number of benzene rings is 2. The normalized spacial score (nSPS) is 17.7.